The van der Waals surface area contributed by atoms with Gasteiger partial charge in [-0.2, -0.15) is 0 Å². The summed E-state index contributed by atoms with van der Waals surface area (Å²) in [6.45, 7) is 5.31. The van der Waals surface area contributed by atoms with Crippen molar-refractivity contribution in [1.29, 1.82) is 0 Å². The van der Waals surface area contributed by atoms with E-state index >= 15 is 0 Å². The van der Waals surface area contributed by atoms with E-state index < -0.39 is 12.1 Å². The molecule has 2 amide bonds. The van der Waals surface area contributed by atoms with E-state index in [2.05, 4.69) is 79.1 Å². The first-order chi connectivity index (χ1) is 20.4. The Hall–Kier alpha value is -4.44. The van der Waals surface area contributed by atoms with Crippen LogP contribution in [0.15, 0.2) is 60.9 Å². The summed E-state index contributed by atoms with van der Waals surface area (Å²) < 4.78 is 0. The highest BCUT2D eigenvalue weighted by Crippen LogP contribution is 2.33. The number of rotatable bonds is 8. The quantitative estimate of drug-likeness (QED) is 0.190. The Morgan fingerprint density at radius 1 is 0.857 bits per heavy atom. The number of likely N-dealkylation sites (tertiary alicyclic amines) is 1. The van der Waals surface area contributed by atoms with Crippen LogP contribution in [0.2, 0.25) is 0 Å². The first-order valence-electron chi connectivity index (χ1n) is 14.7. The van der Waals surface area contributed by atoms with Crippen LogP contribution in [0.3, 0.4) is 0 Å². The molecule has 4 aromatic rings. The van der Waals surface area contributed by atoms with E-state index in [1.165, 1.54) is 6.42 Å². The van der Waals surface area contributed by atoms with Crippen LogP contribution in [0.5, 0.6) is 0 Å². The second-order valence-electron chi connectivity index (χ2n) is 11.5. The molecule has 0 unspecified atom stereocenters. The number of carbonyl (C=O) groups is 2. The molecular weight excluding hydrogens is 530 g/mol. The Bertz CT molecular complexity index is 1530. The van der Waals surface area contributed by atoms with Crippen molar-refractivity contribution in [2.75, 3.05) is 13.1 Å². The van der Waals surface area contributed by atoms with E-state index in [4.69, 9.17) is 0 Å². The summed E-state index contributed by atoms with van der Waals surface area (Å²) in [5, 5.41) is 15.1. The van der Waals surface area contributed by atoms with Crippen molar-refractivity contribution in [2.45, 2.75) is 57.7 Å². The third-order valence-electron chi connectivity index (χ3n) is 8.37. The summed E-state index contributed by atoms with van der Waals surface area (Å²) in [5.74, 6) is 1.36. The molecule has 2 aliphatic rings. The predicted molar refractivity (Wildman–Crippen MR) is 160 cm³/mol. The fourth-order valence-corrected chi connectivity index (χ4v) is 6.06. The molecule has 0 radical (unpaired) electrons. The standard InChI is InChI=1S/C32H37N7O3/c1-19(2)28(38-32(41)42)31(40)39-16-4-6-27(39)30-35-18-26(37-30)23-13-9-21(10-14-23)20-7-11-22(12-8-20)25-17-34-29(36-25)24-5-3-15-33-24/h7-14,17-19,24,27-28,33,38H,3-6,15-16H2,1-2H3,(H,34,36)(H,35,37)(H,41,42)/t24-,27-,28-/m0/s1. The Morgan fingerprint density at radius 3 is 1.98 bits per heavy atom. The average Bonchev–Trinajstić information content (AvgIpc) is 3.81. The average molecular weight is 568 g/mol. The molecule has 2 fully saturated rings. The zero-order chi connectivity index (χ0) is 29.2. The molecule has 0 saturated carbocycles. The lowest BCUT2D eigenvalue weighted by Crippen LogP contribution is -2.50. The van der Waals surface area contributed by atoms with E-state index in [1.807, 2.05) is 20.0 Å². The maximum absolute atomic E-state index is 13.3. The second kappa shape index (κ2) is 11.8. The van der Waals surface area contributed by atoms with Crippen LogP contribution in [0.25, 0.3) is 33.6 Å². The molecule has 2 aromatic carbocycles. The Kier molecular flexibility index (Phi) is 7.80. The molecule has 2 aromatic heterocycles. The van der Waals surface area contributed by atoms with Crippen molar-refractivity contribution in [3.8, 4) is 33.6 Å². The van der Waals surface area contributed by atoms with Crippen molar-refractivity contribution < 1.29 is 14.7 Å². The molecule has 10 heteroatoms. The van der Waals surface area contributed by atoms with Gasteiger partial charge < -0.3 is 30.6 Å². The number of hydrogen-bond donors (Lipinski definition) is 5. The van der Waals surface area contributed by atoms with Gasteiger partial charge in [0.2, 0.25) is 5.91 Å². The van der Waals surface area contributed by atoms with Gasteiger partial charge in [0.25, 0.3) is 0 Å². The van der Waals surface area contributed by atoms with Crippen molar-refractivity contribution >= 4 is 12.0 Å². The van der Waals surface area contributed by atoms with Gasteiger partial charge >= 0.3 is 6.09 Å². The zero-order valence-electron chi connectivity index (χ0n) is 23.9. The predicted octanol–water partition coefficient (Wildman–Crippen LogP) is 5.51. The number of imidazole rings is 2. The molecule has 0 aliphatic carbocycles. The molecule has 5 N–H and O–H groups in total. The van der Waals surface area contributed by atoms with E-state index in [1.54, 1.807) is 11.1 Å². The number of benzene rings is 2. The Morgan fingerprint density at radius 2 is 1.43 bits per heavy atom. The van der Waals surface area contributed by atoms with E-state index in [9.17, 15) is 14.7 Å². The lowest BCUT2D eigenvalue weighted by molar-refractivity contribution is -0.135. The molecule has 3 atom stereocenters. The number of nitrogens with one attached hydrogen (secondary N) is 4. The SMILES string of the molecule is CC(C)[C@H](NC(=O)O)C(=O)N1CCC[C@H]1c1ncc(-c2ccc(-c3ccc(-c4cnc([C@@H]5CCCN5)[nH]4)cc3)cc2)[nH]1. The third kappa shape index (κ3) is 5.67. The lowest BCUT2D eigenvalue weighted by atomic mass is 10.0. The zero-order valence-corrected chi connectivity index (χ0v) is 23.9. The van der Waals surface area contributed by atoms with Gasteiger partial charge in [0.05, 0.1) is 35.9 Å². The second-order valence-corrected chi connectivity index (χ2v) is 11.5. The van der Waals surface area contributed by atoms with Crippen molar-refractivity contribution in [3.05, 3.63) is 72.6 Å². The van der Waals surface area contributed by atoms with Crippen LogP contribution in [-0.4, -0.2) is 61.1 Å². The number of H-pyrrole nitrogens is 2. The Balaban J connectivity index is 1.13. The van der Waals surface area contributed by atoms with Gasteiger partial charge in [0.15, 0.2) is 0 Å². The lowest BCUT2D eigenvalue weighted by Gasteiger charge is -2.29. The van der Waals surface area contributed by atoms with Crippen LogP contribution in [0, 0.1) is 5.92 Å². The third-order valence-corrected chi connectivity index (χ3v) is 8.37. The summed E-state index contributed by atoms with van der Waals surface area (Å²) in [4.78, 5) is 42.4. The highest BCUT2D eigenvalue weighted by molar-refractivity contribution is 5.86. The van der Waals surface area contributed by atoms with Crippen LogP contribution in [-0.2, 0) is 4.79 Å². The summed E-state index contributed by atoms with van der Waals surface area (Å²) >= 11 is 0. The van der Waals surface area contributed by atoms with E-state index in [-0.39, 0.29) is 17.9 Å². The largest absolute Gasteiger partial charge is 0.465 e. The minimum Gasteiger partial charge on any atom is -0.465 e. The smallest absolute Gasteiger partial charge is 0.405 e. The van der Waals surface area contributed by atoms with Gasteiger partial charge in [-0.25, -0.2) is 14.8 Å². The van der Waals surface area contributed by atoms with Crippen molar-refractivity contribution in [1.82, 2.24) is 35.5 Å². The van der Waals surface area contributed by atoms with Gasteiger partial charge in [-0.15, -0.1) is 0 Å². The van der Waals surface area contributed by atoms with Crippen LogP contribution < -0.4 is 10.6 Å². The number of aromatic nitrogens is 4. The first kappa shape index (κ1) is 27.7. The molecule has 42 heavy (non-hydrogen) atoms. The summed E-state index contributed by atoms with van der Waals surface area (Å²) in [6, 6.07) is 16.2. The van der Waals surface area contributed by atoms with Gasteiger partial charge in [-0.1, -0.05) is 62.4 Å². The number of hydrogen-bond acceptors (Lipinski definition) is 5. The van der Waals surface area contributed by atoms with E-state index in [0.717, 1.165) is 71.1 Å². The van der Waals surface area contributed by atoms with Crippen LogP contribution in [0.1, 0.15) is 63.3 Å². The number of aromatic amines is 2. The molecule has 2 saturated heterocycles. The van der Waals surface area contributed by atoms with Gasteiger partial charge in [0, 0.05) is 6.54 Å². The van der Waals surface area contributed by atoms with Gasteiger partial charge in [0.1, 0.15) is 17.7 Å². The summed E-state index contributed by atoms with van der Waals surface area (Å²) in [5.41, 5.74) is 6.25. The molecule has 4 heterocycles. The van der Waals surface area contributed by atoms with Gasteiger partial charge in [-0.3, -0.25) is 4.79 Å². The molecule has 10 nitrogen and oxygen atoms in total. The Labute approximate surface area is 245 Å². The van der Waals surface area contributed by atoms with Crippen molar-refractivity contribution in [2.24, 2.45) is 5.92 Å². The minimum atomic E-state index is -1.19. The topological polar surface area (TPSA) is 139 Å². The summed E-state index contributed by atoms with van der Waals surface area (Å²) in [6.07, 6.45) is 6.44. The highest BCUT2D eigenvalue weighted by atomic mass is 16.4. The minimum absolute atomic E-state index is 0.158. The molecule has 0 bridgehead atoms. The number of nitrogens with zero attached hydrogens (tertiary/aromatic N) is 3. The molecule has 218 valence electrons. The normalized spacial score (nSPS) is 19.4. The molecule has 6 rings (SSSR count). The summed E-state index contributed by atoms with van der Waals surface area (Å²) in [7, 11) is 0. The molecular formula is C32H37N7O3. The monoisotopic (exact) mass is 567 g/mol. The van der Waals surface area contributed by atoms with Crippen LogP contribution >= 0.6 is 0 Å². The molecule has 0 spiro atoms. The fraction of sp³-hybridized carbons (Fsp3) is 0.375. The highest BCUT2D eigenvalue weighted by Gasteiger charge is 2.37. The number of carbonyl (C=O) groups excluding carboxylic acids is 1. The van der Waals surface area contributed by atoms with Gasteiger partial charge in [-0.05, 0) is 60.4 Å². The fourth-order valence-electron chi connectivity index (χ4n) is 6.06. The van der Waals surface area contributed by atoms with Crippen LogP contribution in [0.4, 0.5) is 4.79 Å². The maximum atomic E-state index is 13.3. The maximum Gasteiger partial charge on any atom is 0.405 e. The molecule has 2 aliphatic heterocycles. The first-order valence-corrected chi connectivity index (χ1v) is 14.7. The number of amides is 2. The van der Waals surface area contributed by atoms with Crippen molar-refractivity contribution in [3.63, 3.8) is 0 Å². The number of carboxylic acid groups (broad SMARTS) is 1. The van der Waals surface area contributed by atoms with E-state index in [0.29, 0.717) is 12.6 Å².